The van der Waals surface area contributed by atoms with Crippen LogP contribution >= 0.6 is 11.6 Å². The minimum Gasteiger partial charge on any atom is -0.330 e. The highest BCUT2D eigenvalue weighted by Crippen LogP contribution is 2.22. The highest BCUT2D eigenvalue weighted by atomic mass is 35.5. The van der Waals surface area contributed by atoms with Gasteiger partial charge in [0.1, 0.15) is 0 Å². The third-order valence-electron chi connectivity index (χ3n) is 5.43. The van der Waals surface area contributed by atoms with Crippen LogP contribution in [0.15, 0.2) is 53.3 Å². The molecule has 30 heavy (non-hydrogen) atoms. The summed E-state index contributed by atoms with van der Waals surface area (Å²) in [6.07, 6.45) is 0. The van der Waals surface area contributed by atoms with Crippen LogP contribution in [0.25, 0.3) is 0 Å². The summed E-state index contributed by atoms with van der Waals surface area (Å²) in [5, 5.41) is 5.02. The number of hydrogen-bond acceptors (Lipinski definition) is 3. The minimum atomic E-state index is -0.246. The van der Waals surface area contributed by atoms with Gasteiger partial charge in [0.2, 0.25) is 5.82 Å². The van der Waals surface area contributed by atoms with E-state index in [0.717, 1.165) is 11.1 Å². The minimum absolute atomic E-state index is 0.0723. The van der Waals surface area contributed by atoms with Crippen molar-refractivity contribution in [1.29, 1.82) is 0 Å². The van der Waals surface area contributed by atoms with Crippen molar-refractivity contribution in [3.8, 4) is 0 Å². The molecule has 0 saturated heterocycles. The predicted octanol–water partition coefficient (Wildman–Crippen LogP) is 3.70. The van der Waals surface area contributed by atoms with Gasteiger partial charge >= 0.3 is 5.69 Å². The summed E-state index contributed by atoms with van der Waals surface area (Å²) in [6.45, 7) is 8.21. The fourth-order valence-corrected chi connectivity index (χ4v) is 3.74. The number of halogens is 1. The highest BCUT2D eigenvalue weighted by Gasteiger charge is 2.29. The molecule has 1 amide bonds. The van der Waals surface area contributed by atoms with E-state index in [1.165, 1.54) is 14.8 Å². The lowest BCUT2D eigenvalue weighted by molar-refractivity contribution is 0.0681. The van der Waals surface area contributed by atoms with Crippen molar-refractivity contribution in [3.05, 3.63) is 86.6 Å². The Morgan fingerprint density at radius 1 is 0.900 bits per heavy atom. The number of carbonyl (C=O) groups is 1. The van der Waals surface area contributed by atoms with Crippen molar-refractivity contribution in [2.75, 3.05) is 6.54 Å². The molecule has 0 atom stereocenters. The van der Waals surface area contributed by atoms with E-state index in [1.54, 1.807) is 17.0 Å². The van der Waals surface area contributed by atoms with Crippen molar-refractivity contribution in [2.45, 2.75) is 45.8 Å². The van der Waals surface area contributed by atoms with Crippen molar-refractivity contribution in [2.24, 2.45) is 0 Å². The number of amides is 1. The fourth-order valence-electron chi connectivity index (χ4n) is 3.61. The van der Waals surface area contributed by atoms with Crippen LogP contribution < -0.4 is 5.69 Å². The lowest BCUT2D eigenvalue weighted by atomic mass is 9.87. The van der Waals surface area contributed by atoms with Crippen LogP contribution in [0.4, 0.5) is 0 Å². The van der Waals surface area contributed by atoms with Gasteiger partial charge in [-0.15, -0.1) is 5.10 Å². The van der Waals surface area contributed by atoms with Gasteiger partial charge in [0.15, 0.2) is 0 Å². The zero-order valence-electron chi connectivity index (χ0n) is 17.4. The molecular formula is C23H25ClN4O2. The van der Waals surface area contributed by atoms with Gasteiger partial charge in [-0.3, -0.25) is 9.36 Å². The molecule has 1 aliphatic rings. The SMILES string of the molecule is CC(C)(C)c1ccc(Cn2nc3n(c2=O)CCN(Cc2ccc(Cl)cc2)C3=O)cc1. The van der Waals surface area contributed by atoms with Gasteiger partial charge in [-0.2, -0.15) is 0 Å². The van der Waals surface area contributed by atoms with Crippen LogP contribution in [0.3, 0.4) is 0 Å². The molecule has 0 aliphatic carbocycles. The summed E-state index contributed by atoms with van der Waals surface area (Å²) in [5.74, 6) is -0.0262. The van der Waals surface area contributed by atoms with Gasteiger partial charge in [-0.05, 0) is 34.2 Å². The molecule has 6 nitrogen and oxygen atoms in total. The van der Waals surface area contributed by atoms with E-state index in [1.807, 2.05) is 24.3 Å². The van der Waals surface area contributed by atoms with Gasteiger partial charge in [0, 0.05) is 24.7 Å². The molecule has 4 rings (SSSR count). The molecule has 1 aromatic heterocycles. The normalized spacial score (nSPS) is 14.1. The molecule has 1 aliphatic heterocycles. The third kappa shape index (κ3) is 4.05. The summed E-state index contributed by atoms with van der Waals surface area (Å²) in [4.78, 5) is 27.4. The smallest absolute Gasteiger partial charge is 0.330 e. The van der Waals surface area contributed by atoms with E-state index in [4.69, 9.17) is 11.6 Å². The van der Waals surface area contributed by atoms with Gasteiger partial charge in [0.25, 0.3) is 5.91 Å². The van der Waals surface area contributed by atoms with Crippen molar-refractivity contribution in [3.63, 3.8) is 0 Å². The molecule has 0 radical (unpaired) electrons. The average molecular weight is 425 g/mol. The Balaban J connectivity index is 1.53. The van der Waals surface area contributed by atoms with Crippen LogP contribution in [-0.4, -0.2) is 31.7 Å². The first-order valence-corrected chi connectivity index (χ1v) is 10.4. The van der Waals surface area contributed by atoms with Crippen LogP contribution in [0.2, 0.25) is 5.02 Å². The van der Waals surface area contributed by atoms with E-state index >= 15 is 0 Å². The van der Waals surface area contributed by atoms with Gasteiger partial charge in [0.05, 0.1) is 6.54 Å². The number of hydrogen-bond donors (Lipinski definition) is 0. The number of carbonyl (C=O) groups excluding carboxylic acids is 1. The number of aromatic nitrogens is 3. The van der Waals surface area contributed by atoms with E-state index in [-0.39, 0.29) is 22.8 Å². The monoisotopic (exact) mass is 424 g/mol. The van der Waals surface area contributed by atoms with E-state index in [9.17, 15) is 9.59 Å². The zero-order chi connectivity index (χ0) is 21.5. The molecule has 2 heterocycles. The Hall–Kier alpha value is -2.86. The second-order valence-corrected chi connectivity index (χ2v) is 9.15. The summed E-state index contributed by atoms with van der Waals surface area (Å²) >= 11 is 5.94. The second kappa shape index (κ2) is 7.76. The Labute approximate surface area is 180 Å². The molecule has 2 aromatic carbocycles. The largest absolute Gasteiger partial charge is 0.346 e. The Morgan fingerprint density at radius 3 is 2.13 bits per heavy atom. The standard InChI is InChI=1S/C23H25ClN4O2/c1-23(2,3)18-8-4-17(5-9-18)15-28-22(30)27-13-12-26(21(29)20(27)25-28)14-16-6-10-19(24)11-7-16/h4-11H,12-15H2,1-3H3. The topological polar surface area (TPSA) is 60.1 Å². The average Bonchev–Trinajstić information content (AvgIpc) is 3.02. The lowest BCUT2D eigenvalue weighted by Crippen LogP contribution is -2.42. The highest BCUT2D eigenvalue weighted by molar-refractivity contribution is 6.30. The van der Waals surface area contributed by atoms with E-state index in [2.05, 4.69) is 38.0 Å². The summed E-state index contributed by atoms with van der Waals surface area (Å²) < 4.78 is 2.86. The van der Waals surface area contributed by atoms with Crippen LogP contribution in [0.1, 0.15) is 48.1 Å². The van der Waals surface area contributed by atoms with E-state index in [0.29, 0.717) is 31.2 Å². The number of nitrogens with zero attached hydrogens (tertiary/aromatic N) is 4. The lowest BCUT2D eigenvalue weighted by Gasteiger charge is -2.26. The van der Waals surface area contributed by atoms with Crippen LogP contribution in [0, 0.1) is 0 Å². The van der Waals surface area contributed by atoms with Crippen molar-refractivity contribution in [1.82, 2.24) is 19.2 Å². The third-order valence-corrected chi connectivity index (χ3v) is 5.69. The predicted molar refractivity (Wildman–Crippen MR) is 117 cm³/mol. The maximum atomic E-state index is 12.9. The number of fused-ring (bicyclic) bond motifs is 1. The van der Waals surface area contributed by atoms with Crippen molar-refractivity contribution < 1.29 is 4.79 Å². The van der Waals surface area contributed by atoms with E-state index < -0.39 is 0 Å². The van der Waals surface area contributed by atoms with Crippen molar-refractivity contribution >= 4 is 17.5 Å². The van der Waals surface area contributed by atoms with Gasteiger partial charge in [-0.25, -0.2) is 9.48 Å². The molecular weight excluding hydrogens is 400 g/mol. The molecule has 156 valence electrons. The van der Waals surface area contributed by atoms with Crippen LogP contribution in [0.5, 0.6) is 0 Å². The fraction of sp³-hybridized carbons (Fsp3) is 0.348. The first-order chi connectivity index (χ1) is 14.2. The van der Waals surface area contributed by atoms with Gasteiger partial charge in [-0.1, -0.05) is 68.8 Å². The number of benzene rings is 2. The Morgan fingerprint density at radius 2 is 1.50 bits per heavy atom. The zero-order valence-corrected chi connectivity index (χ0v) is 18.2. The maximum Gasteiger partial charge on any atom is 0.346 e. The first-order valence-electron chi connectivity index (χ1n) is 10.0. The Bertz CT molecular complexity index is 1120. The molecule has 0 unspecified atom stereocenters. The summed E-state index contributed by atoms with van der Waals surface area (Å²) in [5.41, 5.74) is 3.02. The van der Waals surface area contributed by atoms with Gasteiger partial charge < -0.3 is 4.90 Å². The molecule has 0 spiro atoms. The number of rotatable bonds is 4. The Kier molecular flexibility index (Phi) is 5.28. The molecule has 0 N–H and O–H groups in total. The first kappa shape index (κ1) is 20.4. The molecule has 3 aromatic rings. The second-order valence-electron chi connectivity index (χ2n) is 8.72. The molecule has 7 heteroatoms. The quantitative estimate of drug-likeness (QED) is 0.641. The molecule has 0 bridgehead atoms. The maximum absolute atomic E-state index is 12.9. The molecule has 0 saturated carbocycles. The summed E-state index contributed by atoms with van der Waals surface area (Å²) in [6, 6.07) is 15.6. The molecule has 0 fully saturated rings. The summed E-state index contributed by atoms with van der Waals surface area (Å²) in [7, 11) is 0. The van der Waals surface area contributed by atoms with Crippen LogP contribution in [-0.2, 0) is 25.0 Å².